The molecule has 0 saturated carbocycles. The largest absolute Gasteiger partial charge is 0.483 e. The smallest absolute Gasteiger partial charge is 0.422 e. The van der Waals surface area contributed by atoms with E-state index < -0.39 is 18.6 Å². The predicted molar refractivity (Wildman–Crippen MR) is 119 cm³/mol. The number of aromatic nitrogens is 1. The molecule has 0 aliphatic carbocycles. The molecule has 0 atom stereocenters. The second kappa shape index (κ2) is 8.68. The van der Waals surface area contributed by atoms with E-state index in [2.05, 4.69) is 4.98 Å². The normalized spacial score (nSPS) is 15.1. The lowest BCUT2D eigenvalue weighted by atomic mass is 10.0. The van der Waals surface area contributed by atoms with E-state index in [9.17, 15) is 27.2 Å². The Morgan fingerprint density at radius 1 is 1.03 bits per heavy atom. The average Bonchev–Trinajstić information content (AvgIpc) is 3.13. The predicted octanol–water partition coefficient (Wildman–Crippen LogP) is 4.84. The van der Waals surface area contributed by atoms with Crippen molar-refractivity contribution < 1.29 is 31.9 Å². The third-order valence-electron chi connectivity index (χ3n) is 6.01. The highest BCUT2D eigenvalue weighted by molar-refractivity contribution is 6.11. The molecule has 2 amide bonds. The monoisotopic (exact) mass is 485 g/mol. The number of nitrogens with zero attached hydrogens (tertiary/aromatic N) is 3. The number of rotatable bonds is 5. The van der Waals surface area contributed by atoms with Crippen LogP contribution in [0.25, 0.3) is 11.3 Å². The molecule has 0 radical (unpaired) electrons. The number of pyridine rings is 1. The van der Waals surface area contributed by atoms with E-state index in [-0.39, 0.29) is 35.4 Å². The molecule has 10 heteroatoms. The summed E-state index contributed by atoms with van der Waals surface area (Å²) in [4.78, 5) is 33.1. The maximum atomic E-state index is 13.8. The first-order valence-electron chi connectivity index (χ1n) is 10.9. The number of carbonyl (C=O) groups is 2. The summed E-state index contributed by atoms with van der Waals surface area (Å²) in [6.45, 7) is -0.0262. The van der Waals surface area contributed by atoms with Gasteiger partial charge in [0, 0.05) is 53.3 Å². The molecule has 0 N–H and O–H groups in total. The number of carbonyl (C=O) groups excluding carboxylic acids is 2. The van der Waals surface area contributed by atoms with Gasteiger partial charge in [-0.3, -0.25) is 14.6 Å². The van der Waals surface area contributed by atoms with Gasteiger partial charge in [0.05, 0.1) is 12.2 Å². The molecule has 0 spiro atoms. The molecule has 3 aromatic rings. The minimum absolute atomic E-state index is 0.0620. The van der Waals surface area contributed by atoms with Gasteiger partial charge >= 0.3 is 6.18 Å². The van der Waals surface area contributed by atoms with Crippen LogP contribution in [-0.4, -0.2) is 47.6 Å². The van der Waals surface area contributed by atoms with Gasteiger partial charge in [-0.2, -0.15) is 13.2 Å². The van der Waals surface area contributed by atoms with Crippen molar-refractivity contribution in [3.05, 3.63) is 77.2 Å². The lowest BCUT2D eigenvalue weighted by molar-refractivity contribution is -0.153. The lowest BCUT2D eigenvalue weighted by Crippen LogP contribution is -2.42. The molecule has 0 unspecified atom stereocenters. The SMILES string of the molecule is O=C(c1ccc(N2Cc3c(ccnc3-c3ccc(F)cc3OCC(F)(F)F)C2=O)cc1)N1CCC1. The van der Waals surface area contributed by atoms with E-state index in [1.807, 2.05) is 0 Å². The number of benzene rings is 2. The highest BCUT2D eigenvalue weighted by atomic mass is 19.4. The highest BCUT2D eigenvalue weighted by Crippen LogP contribution is 2.38. The minimum Gasteiger partial charge on any atom is -0.483 e. The molecule has 1 aromatic heterocycles. The van der Waals surface area contributed by atoms with Crippen LogP contribution in [0.15, 0.2) is 54.7 Å². The zero-order valence-corrected chi connectivity index (χ0v) is 18.3. The van der Waals surface area contributed by atoms with Gasteiger partial charge in [0.25, 0.3) is 11.8 Å². The quantitative estimate of drug-likeness (QED) is 0.486. The maximum absolute atomic E-state index is 13.8. The highest BCUT2D eigenvalue weighted by Gasteiger charge is 2.33. The van der Waals surface area contributed by atoms with Gasteiger partial charge in [0.15, 0.2) is 6.61 Å². The van der Waals surface area contributed by atoms with Crippen molar-refractivity contribution in [3.63, 3.8) is 0 Å². The van der Waals surface area contributed by atoms with Gasteiger partial charge in [0.2, 0.25) is 0 Å². The number of ether oxygens (including phenoxy) is 1. The van der Waals surface area contributed by atoms with Crippen LogP contribution in [0.5, 0.6) is 5.75 Å². The van der Waals surface area contributed by atoms with E-state index in [0.717, 1.165) is 31.6 Å². The first-order chi connectivity index (χ1) is 16.7. The third-order valence-corrected chi connectivity index (χ3v) is 6.01. The fraction of sp³-hybridized carbons (Fsp3) is 0.240. The van der Waals surface area contributed by atoms with Crippen molar-refractivity contribution in [1.29, 1.82) is 0 Å². The average molecular weight is 485 g/mol. The number of anilines is 1. The number of likely N-dealkylation sites (tertiary alicyclic amines) is 1. The Balaban J connectivity index is 1.45. The van der Waals surface area contributed by atoms with E-state index in [0.29, 0.717) is 22.4 Å². The standard InChI is InChI=1S/C25H19F4N3O3/c26-16-4-7-19(21(12-16)35-14-25(27,28)29)22-20-13-32(24(34)18(20)8-9-30-22)17-5-2-15(3-6-17)23(33)31-10-1-11-31/h2-9,12H,1,10-11,13-14H2. The Bertz CT molecular complexity index is 1300. The number of amides is 2. The van der Waals surface area contributed by atoms with Gasteiger partial charge in [0.1, 0.15) is 11.6 Å². The fourth-order valence-corrected chi connectivity index (χ4v) is 4.13. The number of hydrogen-bond donors (Lipinski definition) is 0. The van der Waals surface area contributed by atoms with Crippen LogP contribution in [0, 0.1) is 5.82 Å². The van der Waals surface area contributed by atoms with Gasteiger partial charge in [-0.1, -0.05) is 0 Å². The summed E-state index contributed by atoms with van der Waals surface area (Å²) < 4.78 is 56.8. The van der Waals surface area contributed by atoms with Crippen LogP contribution < -0.4 is 9.64 Å². The Hall–Kier alpha value is -3.95. The van der Waals surface area contributed by atoms with Gasteiger partial charge in [-0.25, -0.2) is 4.39 Å². The first-order valence-corrected chi connectivity index (χ1v) is 10.9. The molecule has 1 saturated heterocycles. The molecule has 2 aliphatic heterocycles. The van der Waals surface area contributed by atoms with Crippen molar-refractivity contribution in [3.8, 4) is 17.0 Å². The number of fused-ring (bicyclic) bond motifs is 1. The summed E-state index contributed by atoms with van der Waals surface area (Å²) in [6.07, 6.45) is -2.25. The zero-order valence-electron chi connectivity index (χ0n) is 18.3. The lowest BCUT2D eigenvalue weighted by Gasteiger charge is -2.31. The second-order valence-corrected chi connectivity index (χ2v) is 8.31. The van der Waals surface area contributed by atoms with Crippen molar-refractivity contribution in [2.75, 3.05) is 24.6 Å². The van der Waals surface area contributed by atoms with E-state index in [1.54, 1.807) is 29.2 Å². The summed E-state index contributed by atoms with van der Waals surface area (Å²) in [6, 6.07) is 11.5. The number of alkyl halides is 3. The Labute approximate surface area is 197 Å². The molecular weight excluding hydrogens is 466 g/mol. The van der Waals surface area contributed by atoms with E-state index in [1.165, 1.54) is 23.2 Å². The third kappa shape index (κ3) is 4.43. The molecule has 2 aromatic carbocycles. The molecule has 1 fully saturated rings. The summed E-state index contributed by atoms with van der Waals surface area (Å²) in [5, 5.41) is 0. The fourth-order valence-electron chi connectivity index (χ4n) is 4.13. The van der Waals surface area contributed by atoms with Crippen molar-refractivity contribution in [2.24, 2.45) is 0 Å². The molecule has 6 nitrogen and oxygen atoms in total. The van der Waals surface area contributed by atoms with Gasteiger partial charge in [-0.05, 0) is 48.9 Å². The van der Waals surface area contributed by atoms with Gasteiger partial charge < -0.3 is 14.5 Å². The summed E-state index contributed by atoms with van der Waals surface area (Å²) in [7, 11) is 0. The molecule has 35 heavy (non-hydrogen) atoms. The summed E-state index contributed by atoms with van der Waals surface area (Å²) in [5.41, 5.74) is 2.30. The Morgan fingerprint density at radius 2 is 1.77 bits per heavy atom. The number of hydrogen-bond acceptors (Lipinski definition) is 4. The minimum atomic E-state index is -4.61. The zero-order chi connectivity index (χ0) is 24.7. The van der Waals surface area contributed by atoms with Crippen LogP contribution in [0.2, 0.25) is 0 Å². The molecule has 0 bridgehead atoms. The molecular formula is C25H19F4N3O3. The first kappa shape index (κ1) is 22.8. The summed E-state index contributed by atoms with van der Waals surface area (Å²) in [5.74, 6) is -1.45. The van der Waals surface area contributed by atoms with E-state index in [4.69, 9.17) is 4.74 Å². The molecule has 2 aliphatic rings. The molecule has 180 valence electrons. The number of halogens is 4. The van der Waals surface area contributed by atoms with Crippen LogP contribution in [-0.2, 0) is 6.54 Å². The van der Waals surface area contributed by atoms with E-state index >= 15 is 0 Å². The maximum Gasteiger partial charge on any atom is 0.422 e. The van der Waals surface area contributed by atoms with Crippen molar-refractivity contribution in [2.45, 2.75) is 19.1 Å². The van der Waals surface area contributed by atoms with Crippen LogP contribution in [0.1, 0.15) is 32.7 Å². The van der Waals surface area contributed by atoms with Crippen LogP contribution in [0.4, 0.5) is 23.2 Å². The second-order valence-electron chi connectivity index (χ2n) is 8.31. The van der Waals surface area contributed by atoms with Crippen LogP contribution >= 0.6 is 0 Å². The van der Waals surface area contributed by atoms with Crippen LogP contribution in [0.3, 0.4) is 0 Å². The topological polar surface area (TPSA) is 62.7 Å². The Kier molecular flexibility index (Phi) is 5.66. The van der Waals surface area contributed by atoms with Gasteiger partial charge in [-0.15, -0.1) is 0 Å². The molecule has 3 heterocycles. The van der Waals surface area contributed by atoms with Crippen molar-refractivity contribution >= 4 is 17.5 Å². The summed E-state index contributed by atoms with van der Waals surface area (Å²) >= 11 is 0. The van der Waals surface area contributed by atoms with Crippen molar-refractivity contribution in [1.82, 2.24) is 9.88 Å². The Morgan fingerprint density at radius 3 is 2.43 bits per heavy atom. The molecule has 5 rings (SSSR count).